The molecule has 17 heavy (non-hydrogen) atoms. The molecule has 3 atom stereocenters. The highest BCUT2D eigenvalue weighted by molar-refractivity contribution is 5.20. The van der Waals surface area contributed by atoms with Gasteiger partial charge in [0, 0.05) is 6.42 Å². The zero-order valence-electron chi connectivity index (χ0n) is 9.57. The molecule has 1 aromatic carbocycles. The van der Waals surface area contributed by atoms with E-state index in [2.05, 4.69) is 0 Å². The Morgan fingerprint density at radius 3 is 2.59 bits per heavy atom. The molecule has 2 aliphatic carbocycles. The van der Waals surface area contributed by atoms with Crippen molar-refractivity contribution in [2.75, 3.05) is 0 Å². The highest BCUT2D eigenvalue weighted by Crippen LogP contribution is 2.55. The first kappa shape index (κ1) is 11.1. The smallest absolute Gasteiger partial charge is 0.162 e. The Labute approximate surface area is 99.5 Å². The van der Waals surface area contributed by atoms with E-state index < -0.39 is 17.7 Å². The minimum atomic E-state index is -0.830. The van der Waals surface area contributed by atoms with Crippen LogP contribution in [-0.4, -0.2) is 11.2 Å². The molecule has 1 nitrogen and oxygen atoms in total. The van der Waals surface area contributed by atoms with Gasteiger partial charge in [0.25, 0.3) is 0 Å². The van der Waals surface area contributed by atoms with Crippen LogP contribution < -0.4 is 0 Å². The third-order valence-corrected chi connectivity index (χ3v) is 4.28. The van der Waals surface area contributed by atoms with Crippen LogP contribution in [0.15, 0.2) is 18.2 Å². The summed E-state index contributed by atoms with van der Waals surface area (Å²) in [5.74, 6) is 0.235. The zero-order chi connectivity index (χ0) is 12.0. The Kier molecular flexibility index (Phi) is 2.66. The summed E-state index contributed by atoms with van der Waals surface area (Å²) in [6, 6.07) is 4.15. The fraction of sp³-hybridized carbons (Fsp3) is 0.571. The van der Waals surface area contributed by atoms with E-state index in [1.54, 1.807) is 6.07 Å². The average molecular weight is 238 g/mol. The van der Waals surface area contributed by atoms with Crippen molar-refractivity contribution in [3.8, 4) is 0 Å². The van der Waals surface area contributed by atoms with Gasteiger partial charge in [-0.15, -0.1) is 0 Å². The third kappa shape index (κ3) is 2.08. The Morgan fingerprint density at radius 2 is 1.88 bits per heavy atom. The lowest BCUT2D eigenvalue weighted by molar-refractivity contribution is 0.103. The lowest BCUT2D eigenvalue weighted by Gasteiger charge is -2.19. The van der Waals surface area contributed by atoms with E-state index in [0.29, 0.717) is 0 Å². The number of benzene rings is 1. The molecule has 0 bridgehead atoms. The van der Waals surface area contributed by atoms with Crippen LogP contribution in [0.1, 0.15) is 24.8 Å². The van der Waals surface area contributed by atoms with E-state index in [0.717, 1.165) is 30.7 Å². The zero-order valence-corrected chi connectivity index (χ0v) is 9.57. The third-order valence-electron chi connectivity index (χ3n) is 4.28. The first-order chi connectivity index (χ1) is 8.15. The minimum absolute atomic E-state index is 0.230. The largest absolute Gasteiger partial charge is 0.392 e. The summed E-state index contributed by atoms with van der Waals surface area (Å²) in [4.78, 5) is 0. The van der Waals surface area contributed by atoms with Crippen molar-refractivity contribution >= 4 is 0 Å². The highest BCUT2D eigenvalue weighted by atomic mass is 19.2. The van der Waals surface area contributed by atoms with Gasteiger partial charge in [-0.1, -0.05) is 12.1 Å². The van der Waals surface area contributed by atoms with Crippen LogP contribution in [-0.2, 0) is 6.42 Å². The van der Waals surface area contributed by atoms with E-state index in [9.17, 15) is 13.9 Å². The van der Waals surface area contributed by atoms with Crippen molar-refractivity contribution in [2.24, 2.45) is 17.8 Å². The summed E-state index contributed by atoms with van der Waals surface area (Å²) < 4.78 is 26.5. The lowest BCUT2D eigenvalue weighted by atomic mass is 9.92. The number of hydrogen-bond acceptors (Lipinski definition) is 1. The molecule has 1 N–H and O–H groups in total. The van der Waals surface area contributed by atoms with E-state index in [1.165, 1.54) is 12.5 Å². The molecule has 0 amide bonds. The molecule has 2 aliphatic rings. The Balaban J connectivity index is 1.67. The molecule has 0 saturated heterocycles. The van der Waals surface area contributed by atoms with Crippen molar-refractivity contribution in [2.45, 2.75) is 31.8 Å². The fourth-order valence-electron chi connectivity index (χ4n) is 3.17. The predicted molar refractivity (Wildman–Crippen MR) is 60.4 cm³/mol. The maximum Gasteiger partial charge on any atom is 0.162 e. The quantitative estimate of drug-likeness (QED) is 0.858. The molecule has 3 heteroatoms. The molecule has 3 unspecified atom stereocenters. The maximum atomic E-state index is 13.4. The first-order valence-electron chi connectivity index (χ1n) is 6.26. The normalized spacial score (nSPS) is 32.3. The van der Waals surface area contributed by atoms with Crippen LogP contribution >= 0.6 is 0 Å². The number of fused-ring (bicyclic) bond motifs is 1. The topological polar surface area (TPSA) is 20.2 Å². The number of aliphatic hydroxyl groups is 1. The molecule has 3 rings (SSSR count). The van der Waals surface area contributed by atoms with Crippen molar-refractivity contribution in [1.29, 1.82) is 0 Å². The van der Waals surface area contributed by atoms with Gasteiger partial charge in [-0.2, -0.15) is 0 Å². The number of halogens is 2. The molecule has 0 heterocycles. The van der Waals surface area contributed by atoms with E-state index in [-0.39, 0.29) is 17.9 Å². The summed E-state index contributed by atoms with van der Waals surface area (Å²) >= 11 is 0. The summed E-state index contributed by atoms with van der Waals surface area (Å²) in [5.41, 5.74) is 0.290. The summed E-state index contributed by atoms with van der Waals surface area (Å²) in [5, 5.41) is 10.1. The molecular formula is C14H16F2O. The van der Waals surface area contributed by atoms with Crippen molar-refractivity contribution in [3.05, 3.63) is 35.4 Å². The Hall–Kier alpha value is -0.960. The van der Waals surface area contributed by atoms with Gasteiger partial charge in [0.05, 0.1) is 6.10 Å². The fourth-order valence-corrected chi connectivity index (χ4v) is 3.17. The second-order valence-electron chi connectivity index (χ2n) is 5.47. The van der Waals surface area contributed by atoms with Crippen molar-refractivity contribution < 1.29 is 13.9 Å². The second-order valence-corrected chi connectivity index (χ2v) is 5.47. The first-order valence-corrected chi connectivity index (χ1v) is 6.26. The summed E-state index contributed by atoms with van der Waals surface area (Å²) in [6.07, 6.45) is 3.12. The molecule has 0 radical (unpaired) electrons. The van der Waals surface area contributed by atoms with E-state index in [4.69, 9.17) is 0 Å². The standard InChI is InChI=1S/C14H16F2O/c15-12-3-1-2-8(14(12)16)7-13(17)11-5-9-4-10(9)6-11/h1-3,9-11,13,17H,4-7H2. The maximum absolute atomic E-state index is 13.4. The van der Waals surface area contributed by atoms with Crippen LogP contribution in [0.25, 0.3) is 0 Å². The molecule has 0 aromatic heterocycles. The molecular weight excluding hydrogens is 222 g/mol. The minimum Gasteiger partial charge on any atom is -0.392 e. The van der Waals surface area contributed by atoms with E-state index in [1.807, 2.05) is 0 Å². The molecule has 0 spiro atoms. The van der Waals surface area contributed by atoms with Crippen LogP contribution in [0.2, 0.25) is 0 Å². The monoisotopic (exact) mass is 238 g/mol. The molecule has 2 saturated carbocycles. The lowest BCUT2D eigenvalue weighted by Crippen LogP contribution is -2.22. The van der Waals surface area contributed by atoms with Gasteiger partial charge in [-0.05, 0) is 48.6 Å². The van der Waals surface area contributed by atoms with Crippen molar-refractivity contribution in [1.82, 2.24) is 0 Å². The van der Waals surface area contributed by atoms with Gasteiger partial charge in [-0.3, -0.25) is 0 Å². The van der Waals surface area contributed by atoms with Gasteiger partial charge >= 0.3 is 0 Å². The van der Waals surface area contributed by atoms with Crippen LogP contribution in [0.4, 0.5) is 8.78 Å². The van der Waals surface area contributed by atoms with Gasteiger partial charge < -0.3 is 5.11 Å². The van der Waals surface area contributed by atoms with Crippen LogP contribution in [0, 0.1) is 29.4 Å². The molecule has 2 fully saturated rings. The van der Waals surface area contributed by atoms with Crippen LogP contribution in [0.3, 0.4) is 0 Å². The van der Waals surface area contributed by atoms with Gasteiger partial charge in [0.1, 0.15) is 0 Å². The number of hydrogen-bond donors (Lipinski definition) is 1. The SMILES string of the molecule is OC(Cc1cccc(F)c1F)C1CC2CC2C1. The summed E-state index contributed by atoms with van der Waals surface area (Å²) in [6.45, 7) is 0. The number of aliphatic hydroxyl groups excluding tert-OH is 1. The molecule has 92 valence electrons. The molecule has 1 aromatic rings. The highest BCUT2D eigenvalue weighted by Gasteiger charge is 2.47. The van der Waals surface area contributed by atoms with Crippen LogP contribution in [0.5, 0.6) is 0 Å². The van der Waals surface area contributed by atoms with Gasteiger partial charge in [0.15, 0.2) is 11.6 Å². The Morgan fingerprint density at radius 1 is 1.18 bits per heavy atom. The van der Waals surface area contributed by atoms with Crippen molar-refractivity contribution in [3.63, 3.8) is 0 Å². The second kappa shape index (κ2) is 4.05. The Bertz CT molecular complexity index is 422. The number of rotatable bonds is 3. The van der Waals surface area contributed by atoms with Gasteiger partial charge in [-0.25, -0.2) is 8.78 Å². The average Bonchev–Trinajstić information content (AvgIpc) is 2.92. The van der Waals surface area contributed by atoms with E-state index >= 15 is 0 Å². The van der Waals surface area contributed by atoms with Gasteiger partial charge in [0.2, 0.25) is 0 Å². The predicted octanol–water partition coefficient (Wildman–Crippen LogP) is 2.91. The summed E-state index contributed by atoms with van der Waals surface area (Å²) in [7, 11) is 0. The molecule has 0 aliphatic heterocycles.